The van der Waals surface area contributed by atoms with Crippen molar-refractivity contribution in [3.8, 4) is 11.5 Å². The van der Waals surface area contributed by atoms with Crippen molar-refractivity contribution in [1.29, 1.82) is 0 Å². The van der Waals surface area contributed by atoms with E-state index in [-0.39, 0.29) is 12.5 Å². The van der Waals surface area contributed by atoms with Crippen LogP contribution in [0.4, 0.5) is 0 Å². The van der Waals surface area contributed by atoms with Crippen LogP contribution < -0.4 is 4.74 Å². The van der Waals surface area contributed by atoms with Crippen molar-refractivity contribution >= 4 is 11.9 Å². The van der Waals surface area contributed by atoms with Crippen LogP contribution in [0.3, 0.4) is 0 Å². The summed E-state index contributed by atoms with van der Waals surface area (Å²) in [6, 6.07) is 16.1. The Morgan fingerprint density at radius 3 is 2.33 bits per heavy atom. The number of para-hydroxylation sites is 1. The molecule has 1 amide bonds. The number of benzene rings is 2. The Morgan fingerprint density at radius 2 is 1.63 bits per heavy atom. The number of nitrogens with zero attached hydrogens (tertiary/aromatic N) is 1. The largest absolute Gasteiger partial charge is 0.457 e. The normalized spacial score (nSPS) is 19.4. The summed E-state index contributed by atoms with van der Waals surface area (Å²) in [5.41, 5.74) is 0.358. The predicted octanol–water partition coefficient (Wildman–Crippen LogP) is 4.14. The zero-order valence-corrected chi connectivity index (χ0v) is 15.8. The Hall–Kier alpha value is -2.82. The molecule has 2 aromatic carbocycles. The van der Waals surface area contributed by atoms with Gasteiger partial charge in [0.1, 0.15) is 11.5 Å². The maximum Gasteiger partial charge on any atom is 0.338 e. The molecule has 1 aliphatic heterocycles. The average molecular weight is 367 g/mol. The summed E-state index contributed by atoms with van der Waals surface area (Å²) in [5, 5.41) is 0. The molecule has 1 aliphatic rings. The third-order valence-corrected chi connectivity index (χ3v) is 4.60. The topological polar surface area (TPSA) is 55.8 Å². The Balaban J connectivity index is 1.56. The number of ether oxygens (including phenoxy) is 2. The molecule has 1 heterocycles. The van der Waals surface area contributed by atoms with Gasteiger partial charge in [0.15, 0.2) is 6.61 Å². The summed E-state index contributed by atoms with van der Waals surface area (Å²) in [5.74, 6) is 1.51. The summed E-state index contributed by atoms with van der Waals surface area (Å²) < 4.78 is 11.0. The molecule has 2 atom stereocenters. The van der Waals surface area contributed by atoms with Gasteiger partial charge in [0.25, 0.3) is 5.91 Å². The fourth-order valence-electron chi connectivity index (χ4n) is 3.48. The van der Waals surface area contributed by atoms with Crippen LogP contribution in [0.25, 0.3) is 0 Å². The van der Waals surface area contributed by atoms with Gasteiger partial charge in [-0.15, -0.1) is 0 Å². The number of likely N-dealkylation sites (tertiary alicyclic amines) is 1. The molecule has 1 fully saturated rings. The Kier molecular flexibility index (Phi) is 6.12. The second-order valence-electron chi connectivity index (χ2n) is 7.26. The van der Waals surface area contributed by atoms with Crippen molar-refractivity contribution in [3.05, 3.63) is 60.2 Å². The lowest BCUT2D eigenvalue weighted by atomic mass is 9.92. The molecule has 5 nitrogen and oxygen atoms in total. The van der Waals surface area contributed by atoms with Crippen LogP contribution in [-0.2, 0) is 9.53 Å². The molecule has 5 heteroatoms. The number of rotatable bonds is 5. The molecule has 0 aromatic heterocycles. The molecule has 0 unspecified atom stereocenters. The Labute approximate surface area is 159 Å². The fraction of sp³-hybridized carbons (Fsp3) is 0.364. The minimum Gasteiger partial charge on any atom is -0.457 e. The van der Waals surface area contributed by atoms with E-state index in [1.807, 2.05) is 30.3 Å². The van der Waals surface area contributed by atoms with Crippen LogP contribution in [0.5, 0.6) is 11.5 Å². The van der Waals surface area contributed by atoms with E-state index >= 15 is 0 Å². The maximum atomic E-state index is 12.4. The van der Waals surface area contributed by atoms with Crippen molar-refractivity contribution in [3.63, 3.8) is 0 Å². The number of piperidine rings is 1. The van der Waals surface area contributed by atoms with Gasteiger partial charge in [0, 0.05) is 13.1 Å². The Bertz CT molecular complexity index is 780. The number of carbonyl (C=O) groups excluding carboxylic acids is 2. The second kappa shape index (κ2) is 8.71. The van der Waals surface area contributed by atoms with Crippen molar-refractivity contribution < 1.29 is 19.1 Å². The SMILES string of the molecule is C[C@H]1C[C@H](C)CN(C(=O)COC(=O)c2cccc(Oc3ccccc3)c2)C1. The molecule has 0 aliphatic carbocycles. The first-order chi connectivity index (χ1) is 13.0. The summed E-state index contributed by atoms with van der Waals surface area (Å²) in [4.78, 5) is 26.5. The van der Waals surface area contributed by atoms with Gasteiger partial charge in [0.2, 0.25) is 0 Å². The van der Waals surface area contributed by atoms with Crippen molar-refractivity contribution in [2.75, 3.05) is 19.7 Å². The maximum absolute atomic E-state index is 12.4. The van der Waals surface area contributed by atoms with Crippen LogP contribution in [0.15, 0.2) is 54.6 Å². The predicted molar refractivity (Wildman–Crippen MR) is 103 cm³/mol. The van der Waals surface area contributed by atoms with Gasteiger partial charge >= 0.3 is 5.97 Å². The highest BCUT2D eigenvalue weighted by Gasteiger charge is 2.26. The number of hydrogen-bond acceptors (Lipinski definition) is 4. The molecular formula is C22H25NO4. The standard InChI is InChI=1S/C22H25NO4/c1-16-11-17(2)14-23(13-16)21(24)15-26-22(25)18-7-6-10-20(12-18)27-19-8-4-3-5-9-19/h3-10,12,16-17H,11,13-15H2,1-2H3/t16-,17-/m0/s1. The minimum atomic E-state index is -0.528. The van der Waals surface area contributed by atoms with E-state index in [1.165, 1.54) is 0 Å². The zero-order chi connectivity index (χ0) is 19.2. The van der Waals surface area contributed by atoms with Gasteiger partial charge in [-0.1, -0.05) is 38.1 Å². The first-order valence-electron chi connectivity index (χ1n) is 9.29. The van der Waals surface area contributed by atoms with Gasteiger partial charge < -0.3 is 14.4 Å². The molecule has 1 saturated heterocycles. The molecule has 0 bridgehead atoms. The van der Waals surface area contributed by atoms with Crippen LogP contribution in [0, 0.1) is 11.8 Å². The van der Waals surface area contributed by atoms with Crippen LogP contribution in [-0.4, -0.2) is 36.5 Å². The van der Waals surface area contributed by atoms with Gasteiger partial charge in [-0.2, -0.15) is 0 Å². The van der Waals surface area contributed by atoms with Crippen LogP contribution >= 0.6 is 0 Å². The highest BCUT2D eigenvalue weighted by molar-refractivity contribution is 5.91. The minimum absolute atomic E-state index is 0.140. The number of amides is 1. The zero-order valence-electron chi connectivity index (χ0n) is 15.8. The van der Waals surface area contributed by atoms with E-state index in [0.717, 1.165) is 19.5 Å². The summed E-state index contributed by atoms with van der Waals surface area (Å²) in [6.45, 7) is 5.49. The smallest absolute Gasteiger partial charge is 0.338 e. The first-order valence-corrected chi connectivity index (χ1v) is 9.29. The van der Waals surface area contributed by atoms with Gasteiger partial charge in [-0.05, 0) is 48.6 Å². The first kappa shape index (κ1) is 19.0. The average Bonchev–Trinajstić information content (AvgIpc) is 2.66. The second-order valence-corrected chi connectivity index (χ2v) is 7.26. The van der Waals surface area contributed by atoms with E-state index in [2.05, 4.69) is 13.8 Å². The highest BCUT2D eigenvalue weighted by atomic mass is 16.5. The van der Waals surface area contributed by atoms with E-state index in [9.17, 15) is 9.59 Å². The molecule has 0 radical (unpaired) electrons. The van der Waals surface area contributed by atoms with E-state index in [1.54, 1.807) is 29.2 Å². The van der Waals surface area contributed by atoms with Gasteiger partial charge in [-0.3, -0.25) is 4.79 Å². The monoisotopic (exact) mass is 367 g/mol. The molecule has 2 aromatic rings. The summed E-state index contributed by atoms with van der Waals surface area (Å²) >= 11 is 0. The molecular weight excluding hydrogens is 342 g/mol. The van der Waals surface area contributed by atoms with Crippen LogP contribution in [0.1, 0.15) is 30.6 Å². The number of esters is 1. The van der Waals surface area contributed by atoms with Crippen molar-refractivity contribution in [1.82, 2.24) is 4.90 Å². The van der Waals surface area contributed by atoms with E-state index < -0.39 is 5.97 Å². The van der Waals surface area contributed by atoms with Crippen molar-refractivity contribution in [2.24, 2.45) is 11.8 Å². The summed E-state index contributed by atoms with van der Waals surface area (Å²) in [7, 11) is 0. The van der Waals surface area contributed by atoms with Gasteiger partial charge in [-0.25, -0.2) is 4.79 Å². The third kappa shape index (κ3) is 5.33. The van der Waals surface area contributed by atoms with Gasteiger partial charge in [0.05, 0.1) is 5.56 Å². The molecule has 3 rings (SSSR count). The molecule has 142 valence electrons. The molecule has 0 saturated carbocycles. The van der Waals surface area contributed by atoms with E-state index in [0.29, 0.717) is 28.9 Å². The fourth-order valence-corrected chi connectivity index (χ4v) is 3.48. The molecule has 0 N–H and O–H groups in total. The molecule has 27 heavy (non-hydrogen) atoms. The van der Waals surface area contributed by atoms with Crippen LogP contribution in [0.2, 0.25) is 0 Å². The third-order valence-electron chi connectivity index (χ3n) is 4.60. The lowest BCUT2D eigenvalue weighted by Gasteiger charge is -2.34. The molecule has 0 spiro atoms. The number of carbonyl (C=O) groups is 2. The number of hydrogen-bond donors (Lipinski definition) is 0. The highest BCUT2D eigenvalue weighted by Crippen LogP contribution is 2.23. The Morgan fingerprint density at radius 1 is 0.963 bits per heavy atom. The lowest BCUT2D eigenvalue weighted by molar-refractivity contribution is -0.137. The van der Waals surface area contributed by atoms with Crippen molar-refractivity contribution in [2.45, 2.75) is 20.3 Å². The lowest BCUT2D eigenvalue weighted by Crippen LogP contribution is -2.44. The quantitative estimate of drug-likeness (QED) is 0.745. The van der Waals surface area contributed by atoms with E-state index in [4.69, 9.17) is 9.47 Å². The summed E-state index contributed by atoms with van der Waals surface area (Å²) in [6.07, 6.45) is 1.12.